The number of nitrogens with one attached hydrogen (secondary N) is 1. The van der Waals surface area contributed by atoms with Crippen LogP contribution in [0, 0.1) is 5.92 Å². The maximum atomic E-state index is 14.0. The third-order valence-electron chi connectivity index (χ3n) is 7.74. The lowest BCUT2D eigenvalue weighted by molar-refractivity contribution is -0.120. The first-order chi connectivity index (χ1) is 16.7. The molecule has 4 N–H and O–H groups in total. The van der Waals surface area contributed by atoms with Gasteiger partial charge in [0.05, 0.1) is 11.1 Å². The summed E-state index contributed by atoms with van der Waals surface area (Å²) in [6.45, 7) is 1.90. The minimum Gasteiger partial charge on any atom is -0.506 e. The molecular weight excluding hydrogens is 498 g/mol. The molecule has 5 rings (SSSR count). The second-order valence-electron chi connectivity index (χ2n) is 10.1. The number of nitrogens with two attached hydrogens (primary N) is 1. The van der Waals surface area contributed by atoms with Gasteiger partial charge in [-0.15, -0.1) is 16.8 Å². The number of nitrogen functional groups attached to an aromatic ring is 1. The average Bonchev–Trinajstić information content (AvgIpc) is 2.84. The van der Waals surface area contributed by atoms with Gasteiger partial charge in [0.1, 0.15) is 16.2 Å². The molecule has 1 aliphatic heterocycles. The van der Waals surface area contributed by atoms with Crippen LogP contribution in [0.1, 0.15) is 69.4 Å². The Morgan fingerprint density at radius 2 is 1.86 bits per heavy atom. The van der Waals surface area contributed by atoms with E-state index in [0.717, 1.165) is 18.4 Å². The largest absolute Gasteiger partial charge is 0.506 e. The number of carbonyl (C=O) groups excluding carboxylic acids is 1. The highest BCUT2D eigenvalue weighted by Crippen LogP contribution is 2.44. The number of aliphatic hydroxyl groups excluding tert-OH is 1. The van der Waals surface area contributed by atoms with Crippen LogP contribution < -0.4 is 11.1 Å². The second kappa shape index (κ2) is 9.90. The summed E-state index contributed by atoms with van der Waals surface area (Å²) in [5, 5.41) is 14.2. The maximum absolute atomic E-state index is 14.0. The average molecular weight is 530 g/mol. The molecule has 1 heterocycles. The second-order valence-corrected chi connectivity index (χ2v) is 11.7. The first kappa shape index (κ1) is 26.2. The molecule has 2 aliphatic carbocycles. The number of fused-ring (bicyclic) bond motifs is 2. The summed E-state index contributed by atoms with van der Waals surface area (Å²) in [6, 6.07) is 11.8. The molecular formula is C27H32ClN3O4S. The molecule has 1 saturated carbocycles. The van der Waals surface area contributed by atoms with E-state index in [1.165, 1.54) is 38.2 Å². The number of rotatable bonds is 5. The standard InChI is InChI=1S/C27H31N3O4S.ClH/c1-27(15-7-10-17-8-3-2-4-9-17)20-12-6-5-11-19(20)24(31)23(25(27)32)26-29-21-14-13-18(28)16-22(21)35(33,34)30-26;/h5-6,11-14,16-17,31H,2-4,7-10,15,28H2,1H3,(H,29,30);1H. The van der Waals surface area contributed by atoms with Crippen molar-refractivity contribution in [2.45, 2.75) is 68.6 Å². The Kier molecular flexibility index (Phi) is 7.21. The minimum atomic E-state index is -4.11. The zero-order chi connectivity index (χ0) is 24.8. The first-order valence-corrected chi connectivity index (χ1v) is 13.7. The molecule has 2 aromatic carbocycles. The third kappa shape index (κ3) is 4.52. The number of hydrogen-bond donors (Lipinski definition) is 3. The highest BCUT2D eigenvalue weighted by atomic mass is 35.5. The van der Waals surface area contributed by atoms with Crippen molar-refractivity contribution in [1.82, 2.24) is 0 Å². The Bertz CT molecular complexity index is 1360. The molecule has 0 aromatic heterocycles. The van der Waals surface area contributed by atoms with Gasteiger partial charge in [-0.05, 0) is 43.0 Å². The third-order valence-corrected chi connectivity index (χ3v) is 9.06. The van der Waals surface area contributed by atoms with Gasteiger partial charge in [-0.25, -0.2) is 0 Å². The number of aliphatic hydroxyl groups is 1. The summed E-state index contributed by atoms with van der Waals surface area (Å²) in [5.74, 6) is -0.0330. The Hall–Kier alpha value is -2.84. The topological polar surface area (TPSA) is 122 Å². The lowest BCUT2D eigenvalue weighted by atomic mass is 9.66. The Balaban J connectivity index is 0.00000304. The van der Waals surface area contributed by atoms with Crippen LogP contribution in [0.15, 0.2) is 57.3 Å². The van der Waals surface area contributed by atoms with Crippen LogP contribution in [0.4, 0.5) is 11.4 Å². The fourth-order valence-electron chi connectivity index (χ4n) is 5.78. The highest BCUT2D eigenvalue weighted by molar-refractivity contribution is 7.90. The van der Waals surface area contributed by atoms with Crippen molar-refractivity contribution in [2.24, 2.45) is 10.3 Å². The van der Waals surface area contributed by atoms with Crippen LogP contribution in [-0.2, 0) is 20.2 Å². The summed E-state index contributed by atoms with van der Waals surface area (Å²) in [7, 11) is -4.11. The van der Waals surface area contributed by atoms with Gasteiger partial charge in [0, 0.05) is 11.3 Å². The van der Waals surface area contributed by atoms with Crippen LogP contribution >= 0.6 is 12.4 Å². The SMILES string of the molecule is CC1(CCCC2CCCCC2)C(=O)C(C2=NS(=O)(=O)c3cc(N)ccc3N2)=C(O)c2ccccc21.Cl. The number of ketones is 1. The summed E-state index contributed by atoms with van der Waals surface area (Å²) in [5.41, 5.74) is 6.65. The van der Waals surface area contributed by atoms with Gasteiger partial charge < -0.3 is 16.2 Å². The predicted molar refractivity (Wildman–Crippen MR) is 145 cm³/mol. The molecule has 0 spiro atoms. The van der Waals surface area contributed by atoms with E-state index >= 15 is 0 Å². The number of hydrogen-bond acceptors (Lipinski definition) is 6. The number of amidine groups is 1. The number of halogens is 1. The fourth-order valence-corrected chi connectivity index (χ4v) is 6.94. The lowest BCUT2D eigenvalue weighted by Crippen LogP contribution is -2.42. The summed E-state index contributed by atoms with van der Waals surface area (Å²) in [6.07, 6.45) is 8.92. The van der Waals surface area contributed by atoms with Crippen LogP contribution in [0.25, 0.3) is 5.76 Å². The lowest BCUT2D eigenvalue weighted by Gasteiger charge is -2.36. The Labute approximate surface area is 218 Å². The minimum absolute atomic E-state index is 0. The van der Waals surface area contributed by atoms with Crippen LogP contribution in [-0.4, -0.2) is 25.1 Å². The van der Waals surface area contributed by atoms with Crippen molar-refractivity contribution in [3.8, 4) is 0 Å². The van der Waals surface area contributed by atoms with Crippen molar-refractivity contribution >= 4 is 51.2 Å². The molecule has 0 radical (unpaired) electrons. The molecule has 0 amide bonds. The number of nitrogens with zero attached hydrogens (tertiary/aromatic N) is 1. The zero-order valence-electron chi connectivity index (χ0n) is 20.3. The summed E-state index contributed by atoms with van der Waals surface area (Å²) >= 11 is 0. The number of sulfonamides is 1. The van der Waals surface area contributed by atoms with Gasteiger partial charge in [-0.3, -0.25) is 4.79 Å². The van der Waals surface area contributed by atoms with E-state index in [9.17, 15) is 18.3 Å². The summed E-state index contributed by atoms with van der Waals surface area (Å²) in [4.78, 5) is 14.0. The van der Waals surface area contributed by atoms with Crippen LogP contribution in [0.3, 0.4) is 0 Å². The van der Waals surface area contributed by atoms with E-state index in [2.05, 4.69) is 9.71 Å². The van der Waals surface area contributed by atoms with Gasteiger partial charge in [-0.2, -0.15) is 8.42 Å². The number of benzene rings is 2. The molecule has 2 aromatic rings. The molecule has 9 heteroatoms. The molecule has 192 valence electrons. The van der Waals surface area contributed by atoms with E-state index in [0.29, 0.717) is 23.6 Å². The predicted octanol–water partition coefficient (Wildman–Crippen LogP) is 5.76. The monoisotopic (exact) mass is 529 g/mol. The fraction of sp³-hybridized carbons (Fsp3) is 0.407. The van der Waals surface area contributed by atoms with Crippen molar-refractivity contribution in [1.29, 1.82) is 0 Å². The molecule has 36 heavy (non-hydrogen) atoms. The van der Waals surface area contributed by atoms with E-state index < -0.39 is 15.4 Å². The smallest absolute Gasteiger partial charge is 0.286 e. The van der Waals surface area contributed by atoms with Gasteiger partial charge in [0.25, 0.3) is 10.0 Å². The number of Topliss-reactive ketones (excluding diaryl/α,β-unsaturated/α-hetero) is 1. The van der Waals surface area contributed by atoms with E-state index in [4.69, 9.17) is 5.73 Å². The van der Waals surface area contributed by atoms with Gasteiger partial charge in [0.2, 0.25) is 0 Å². The Morgan fingerprint density at radius 3 is 2.61 bits per heavy atom. The van der Waals surface area contributed by atoms with Gasteiger partial charge >= 0.3 is 0 Å². The highest BCUT2D eigenvalue weighted by Gasteiger charge is 2.46. The molecule has 1 unspecified atom stereocenters. The van der Waals surface area contributed by atoms with Crippen molar-refractivity contribution in [3.63, 3.8) is 0 Å². The zero-order valence-corrected chi connectivity index (χ0v) is 21.9. The molecule has 1 atom stereocenters. The Morgan fingerprint density at radius 1 is 1.14 bits per heavy atom. The summed E-state index contributed by atoms with van der Waals surface area (Å²) < 4.78 is 29.8. The van der Waals surface area contributed by atoms with Crippen LogP contribution in [0.5, 0.6) is 0 Å². The van der Waals surface area contributed by atoms with Crippen molar-refractivity contribution < 1.29 is 18.3 Å². The van der Waals surface area contributed by atoms with Crippen LogP contribution in [0.2, 0.25) is 0 Å². The van der Waals surface area contributed by atoms with Gasteiger partial charge in [0.15, 0.2) is 11.6 Å². The molecule has 0 bridgehead atoms. The van der Waals surface area contributed by atoms with Crippen molar-refractivity contribution in [3.05, 3.63) is 59.2 Å². The number of anilines is 2. The van der Waals surface area contributed by atoms with Gasteiger partial charge in [-0.1, -0.05) is 69.2 Å². The quantitative estimate of drug-likeness (QED) is 0.423. The molecule has 1 fully saturated rings. The molecule has 7 nitrogen and oxygen atoms in total. The maximum Gasteiger partial charge on any atom is 0.286 e. The molecule has 0 saturated heterocycles. The van der Waals surface area contributed by atoms with E-state index in [-0.39, 0.29) is 45.9 Å². The van der Waals surface area contributed by atoms with Crippen molar-refractivity contribution in [2.75, 3.05) is 11.1 Å². The normalized spacial score (nSPS) is 23.1. The number of carbonyl (C=O) groups is 1. The van der Waals surface area contributed by atoms with E-state index in [1.54, 1.807) is 24.3 Å². The van der Waals surface area contributed by atoms with E-state index in [1.807, 2.05) is 19.1 Å². The first-order valence-electron chi connectivity index (χ1n) is 12.3. The molecule has 3 aliphatic rings.